The number of phenolic OH excluding ortho intramolecular Hbond substituents is 3. The van der Waals surface area contributed by atoms with Gasteiger partial charge in [0.15, 0.2) is 0 Å². The van der Waals surface area contributed by atoms with Crippen LogP contribution in [-0.2, 0) is 19.3 Å². The molecule has 0 bridgehead atoms. The van der Waals surface area contributed by atoms with Crippen LogP contribution < -0.4 is 0 Å². The Hall–Kier alpha value is -3.90. The van der Waals surface area contributed by atoms with E-state index in [9.17, 15) is 30.6 Å². The number of aryl methyl sites for hydroxylation is 6. The minimum Gasteiger partial charge on any atom is -0.512 e. The minimum absolute atomic E-state index is 0.0820. The van der Waals surface area contributed by atoms with Gasteiger partial charge in [0.2, 0.25) is 0 Å². The smallest absolute Gasteiger partial charge is 0.121 e. The first-order valence-electron chi connectivity index (χ1n) is 13.1. The minimum atomic E-state index is -1.69. The van der Waals surface area contributed by atoms with Crippen LogP contribution in [0, 0.1) is 47.5 Å². The van der Waals surface area contributed by atoms with Gasteiger partial charge < -0.3 is 30.6 Å². The van der Waals surface area contributed by atoms with Crippen molar-refractivity contribution in [2.45, 2.75) is 66.4 Å². The zero-order valence-corrected chi connectivity index (χ0v) is 23.4. The molecule has 2 atom stereocenters. The number of aliphatic hydroxyl groups is 3. The fraction of sp³-hybridized carbons (Fsp3) is 0.333. The van der Waals surface area contributed by atoms with Crippen LogP contribution in [0.5, 0.6) is 17.2 Å². The van der Waals surface area contributed by atoms with Gasteiger partial charge >= 0.3 is 0 Å². The van der Waals surface area contributed by atoms with E-state index in [2.05, 4.69) is 0 Å². The molecule has 0 aliphatic heterocycles. The molecule has 1 aliphatic rings. The maximum absolute atomic E-state index is 12.0. The molecule has 206 valence electrons. The van der Waals surface area contributed by atoms with Gasteiger partial charge in [0.1, 0.15) is 34.4 Å². The van der Waals surface area contributed by atoms with E-state index in [1.807, 2.05) is 24.3 Å². The van der Waals surface area contributed by atoms with Gasteiger partial charge in [0.05, 0.1) is 5.92 Å². The van der Waals surface area contributed by atoms with Crippen molar-refractivity contribution in [3.8, 4) is 17.2 Å². The summed E-state index contributed by atoms with van der Waals surface area (Å²) in [6.45, 7) is 10.8. The Morgan fingerprint density at radius 2 is 0.974 bits per heavy atom. The summed E-state index contributed by atoms with van der Waals surface area (Å²) in [5, 5.41) is 65.6. The van der Waals surface area contributed by atoms with Gasteiger partial charge in [-0.1, -0.05) is 36.4 Å². The summed E-state index contributed by atoms with van der Waals surface area (Å²) < 4.78 is 0. The Morgan fingerprint density at radius 3 is 1.41 bits per heavy atom. The molecule has 39 heavy (non-hydrogen) atoms. The van der Waals surface area contributed by atoms with Gasteiger partial charge in [-0.3, -0.25) is 0 Å². The van der Waals surface area contributed by atoms with Gasteiger partial charge in [-0.25, -0.2) is 0 Å². The van der Waals surface area contributed by atoms with Crippen LogP contribution in [0.25, 0.3) is 0 Å². The van der Waals surface area contributed by atoms with Crippen molar-refractivity contribution in [3.05, 3.63) is 110 Å². The molecule has 0 fully saturated rings. The predicted molar refractivity (Wildman–Crippen MR) is 153 cm³/mol. The van der Waals surface area contributed by atoms with Crippen LogP contribution in [0.15, 0.2) is 59.6 Å². The van der Waals surface area contributed by atoms with E-state index in [-0.39, 0.29) is 48.0 Å². The lowest BCUT2D eigenvalue weighted by atomic mass is 9.74. The van der Waals surface area contributed by atoms with E-state index in [0.29, 0.717) is 39.0 Å². The van der Waals surface area contributed by atoms with Crippen molar-refractivity contribution >= 4 is 0 Å². The quantitative estimate of drug-likeness (QED) is 0.223. The summed E-state index contributed by atoms with van der Waals surface area (Å²) in [4.78, 5) is 0. The zero-order valence-electron chi connectivity index (χ0n) is 23.4. The zero-order chi connectivity index (χ0) is 28.8. The lowest BCUT2D eigenvalue weighted by molar-refractivity contribution is 0.101. The number of rotatable bonds is 6. The molecule has 0 saturated carbocycles. The lowest BCUT2D eigenvalue weighted by Gasteiger charge is -2.36. The van der Waals surface area contributed by atoms with Crippen molar-refractivity contribution in [1.29, 1.82) is 0 Å². The molecule has 0 aromatic heterocycles. The molecule has 1 aliphatic carbocycles. The van der Waals surface area contributed by atoms with Crippen molar-refractivity contribution < 1.29 is 30.6 Å². The van der Waals surface area contributed by atoms with Crippen LogP contribution in [-0.4, -0.2) is 36.2 Å². The molecule has 3 aromatic carbocycles. The first-order chi connectivity index (χ1) is 18.2. The third-order valence-corrected chi connectivity index (χ3v) is 7.85. The van der Waals surface area contributed by atoms with Crippen molar-refractivity contribution in [2.75, 3.05) is 0 Å². The highest BCUT2D eigenvalue weighted by molar-refractivity contribution is 5.49. The Balaban J connectivity index is 1.81. The average molecular weight is 531 g/mol. The second-order valence-corrected chi connectivity index (χ2v) is 11.2. The van der Waals surface area contributed by atoms with Crippen LogP contribution in [0.4, 0.5) is 0 Å². The largest absolute Gasteiger partial charge is 0.512 e. The maximum atomic E-state index is 12.0. The van der Waals surface area contributed by atoms with Crippen LogP contribution in [0.1, 0.15) is 50.1 Å². The van der Waals surface area contributed by atoms with Crippen molar-refractivity contribution in [3.63, 3.8) is 0 Å². The van der Waals surface area contributed by atoms with Crippen molar-refractivity contribution in [2.24, 2.45) is 5.92 Å². The topological polar surface area (TPSA) is 121 Å². The Labute approximate surface area is 229 Å². The number of hydrogen-bond donors (Lipinski definition) is 6. The predicted octanol–water partition coefficient (Wildman–Crippen LogP) is 6.30. The van der Waals surface area contributed by atoms with Gasteiger partial charge in [0.25, 0.3) is 0 Å². The Bertz CT molecular complexity index is 1440. The summed E-state index contributed by atoms with van der Waals surface area (Å²) in [5.41, 5.74) is 5.22. The number of aliphatic hydroxyl groups excluding tert-OH is 2. The highest BCUT2D eigenvalue weighted by Gasteiger charge is 2.41. The second-order valence-electron chi connectivity index (χ2n) is 11.2. The molecule has 0 saturated heterocycles. The number of aromatic hydroxyl groups is 3. The van der Waals surface area contributed by atoms with Crippen LogP contribution in [0.3, 0.4) is 0 Å². The molecule has 0 heterocycles. The van der Waals surface area contributed by atoms with E-state index < -0.39 is 11.5 Å². The van der Waals surface area contributed by atoms with E-state index in [1.54, 1.807) is 53.7 Å². The molecule has 3 aromatic rings. The number of hydrogen-bond acceptors (Lipinski definition) is 6. The summed E-state index contributed by atoms with van der Waals surface area (Å²) in [5.74, 6) is -0.384. The van der Waals surface area contributed by atoms with Gasteiger partial charge in [-0.15, -0.1) is 0 Å². The molecule has 4 rings (SSSR count). The van der Waals surface area contributed by atoms with E-state index in [1.165, 1.54) is 6.08 Å². The van der Waals surface area contributed by atoms with Gasteiger partial charge in [-0.2, -0.15) is 0 Å². The first-order valence-corrected chi connectivity index (χ1v) is 13.1. The standard InChI is InChI=1S/C33H38O6/c1-17-7-23(8-18(2)29(17)35)13-26-28(34)16-33(39,15-25-11-21(5)31(37)22(6)12-25)27(32(26)38)14-24-9-19(3)30(36)20(4)10-24/h7-12,16,26,34-39H,13-15H2,1-6H3. The molecule has 0 amide bonds. The summed E-state index contributed by atoms with van der Waals surface area (Å²) in [6, 6.07) is 10.9. The Kier molecular flexibility index (Phi) is 7.46. The highest BCUT2D eigenvalue weighted by atomic mass is 16.3. The molecule has 0 spiro atoms. The second kappa shape index (κ2) is 10.3. The molecule has 6 nitrogen and oxygen atoms in total. The van der Waals surface area contributed by atoms with E-state index in [4.69, 9.17) is 0 Å². The maximum Gasteiger partial charge on any atom is 0.121 e. The van der Waals surface area contributed by atoms with Crippen LogP contribution in [0.2, 0.25) is 0 Å². The molecule has 0 radical (unpaired) electrons. The summed E-state index contributed by atoms with van der Waals surface area (Å²) in [6.07, 6.45) is 1.98. The third-order valence-electron chi connectivity index (χ3n) is 7.85. The summed E-state index contributed by atoms with van der Waals surface area (Å²) in [7, 11) is 0. The third kappa shape index (κ3) is 5.48. The molecular weight excluding hydrogens is 492 g/mol. The normalized spacial score (nSPS) is 19.4. The lowest BCUT2D eigenvalue weighted by Crippen LogP contribution is -2.39. The molecular formula is C33H38O6. The van der Waals surface area contributed by atoms with Gasteiger partial charge in [-0.05, 0) is 104 Å². The number of benzene rings is 3. The fourth-order valence-electron chi connectivity index (χ4n) is 5.82. The SMILES string of the molecule is Cc1cc(CC2=C(O)C(Cc3cc(C)c(O)c(C)c3)C(O)=CC2(O)Cc2cc(C)c(O)c(C)c2)cc(C)c1O. The average Bonchev–Trinajstić information content (AvgIpc) is 2.84. The van der Waals surface area contributed by atoms with E-state index >= 15 is 0 Å². The fourth-order valence-corrected chi connectivity index (χ4v) is 5.82. The van der Waals surface area contributed by atoms with E-state index in [0.717, 1.165) is 16.7 Å². The molecule has 6 heteroatoms. The monoisotopic (exact) mass is 530 g/mol. The van der Waals surface area contributed by atoms with Gasteiger partial charge in [0, 0.05) is 18.4 Å². The first kappa shape index (κ1) is 28.1. The molecule has 2 unspecified atom stereocenters. The highest BCUT2D eigenvalue weighted by Crippen LogP contribution is 2.41. The number of phenols is 3. The Morgan fingerprint density at radius 1 is 0.590 bits per heavy atom. The summed E-state index contributed by atoms with van der Waals surface area (Å²) >= 11 is 0. The van der Waals surface area contributed by atoms with Crippen molar-refractivity contribution in [1.82, 2.24) is 0 Å². The van der Waals surface area contributed by atoms with Crippen LogP contribution >= 0.6 is 0 Å². The molecule has 6 N–H and O–H groups in total.